The summed E-state index contributed by atoms with van der Waals surface area (Å²) in [6.45, 7) is 1.20. The third-order valence-corrected chi connectivity index (χ3v) is 4.03. The molecule has 6 heteroatoms. The van der Waals surface area contributed by atoms with Crippen molar-refractivity contribution in [1.29, 1.82) is 0 Å². The van der Waals surface area contributed by atoms with Gasteiger partial charge in [0.2, 0.25) is 5.56 Å². The maximum absolute atomic E-state index is 12.9. The normalized spacial score (nSPS) is 12.5. The summed E-state index contributed by atoms with van der Waals surface area (Å²) in [5, 5.41) is 11.0. The summed E-state index contributed by atoms with van der Waals surface area (Å²) in [5.74, 6) is 0.370. The van der Waals surface area contributed by atoms with E-state index < -0.39 is 6.10 Å². The molecule has 3 rings (SSSR count). The maximum atomic E-state index is 12.9. The Labute approximate surface area is 150 Å². The number of hydrogen-bond donors (Lipinski definition) is 2. The van der Waals surface area contributed by atoms with Gasteiger partial charge >= 0.3 is 0 Å². The van der Waals surface area contributed by atoms with Gasteiger partial charge in [0.15, 0.2) is 0 Å². The molecule has 3 aromatic rings. The molecule has 136 valence electrons. The van der Waals surface area contributed by atoms with Crippen LogP contribution in [0.15, 0.2) is 59.4 Å². The molecule has 2 N–H and O–H groups in total. The number of benzene rings is 2. The Bertz CT molecular complexity index is 924. The van der Waals surface area contributed by atoms with Crippen LogP contribution in [0.25, 0.3) is 10.9 Å². The molecule has 0 saturated carbocycles. The van der Waals surface area contributed by atoms with Gasteiger partial charge in [0.05, 0.1) is 0 Å². The first kappa shape index (κ1) is 18.1. The Morgan fingerprint density at radius 3 is 2.69 bits per heavy atom. The number of nitrogens with zero attached hydrogens (tertiary/aromatic N) is 1. The molecule has 0 spiro atoms. The molecule has 0 aliphatic heterocycles. The minimum Gasteiger partial charge on any atom is -0.491 e. The van der Waals surface area contributed by atoms with Crippen LogP contribution in [0.3, 0.4) is 0 Å². The van der Waals surface area contributed by atoms with Gasteiger partial charge in [-0.3, -0.25) is 9.69 Å². The Hall–Kier alpha value is -2.70. The van der Waals surface area contributed by atoms with Crippen LogP contribution in [0.4, 0.5) is 4.39 Å². The number of H-pyrrole nitrogens is 1. The number of aromatic nitrogens is 1. The zero-order valence-corrected chi connectivity index (χ0v) is 14.5. The molecule has 1 atom stereocenters. The number of aliphatic hydroxyl groups excluding tert-OH is 1. The monoisotopic (exact) mass is 356 g/mol. The fourth-order valence-electron chi connectivity index (χ4n) is 2.79. The molecular weight excluding hydrogens is 335 g/mol. The van der Waals surface area contributed by atoms with Crippen LogP contribution in [0, 0.1) is 5.82 Å². The number of likely N-dealkylation sites (N-methyl/N-ethyl adjacent to an activating group) is 1. The van der Waals surface area contributed by atoms with Crippen molar-refractivity contribution in [1.82, 2.24) is 9.88 Å². The summed E-state index contributed by atoms with van der Waals surface area (Å²) in [6, 6.07) is 14.9. The van der Waals surface area contributed by atoms with E-state index in [0.29, 0.717) is 18.8 Å². The summed E-state index contributed by atoms with van der Waals surface area (Å²) < 4.78 is 18.6. The average molecular weight is 356 g/mol. The van der Waals surface area contributed by atoms with Crippen LogP contribution in [0.1, 0.15) is 5.56 Å². The second-order valence-electron chi connectivity index (χ2n) is 6.36. The Balaban J connectivity index is 1.51. The minimum absolute atomic E-state index is 0.147. The largest absolute Gasteiger partial charge is 0.491 e. The lowest BCUT2D eigenvalue weighted by Gasteiger charge is -2.21. The molecule has 0 aliphatic rings. The van der Waals surface area contributed by atoms with Crippen molar-refractivity contribution in [2.45, 2.75) is 12.6 Å². The number of pyridine rings is 1. The fourth-order valence-corrected chi connectivity index (χ4v) is 2.79. The van der Waals surface area contributed by atoms with Gasteiger partial charge in [-0.2, -0.15) is 0 Å². The van der Waals surface area contributed by atoms with E-state index in [1.165, 1.54) is 18.2 Å². The highest BCUT2D eigenvalue weighted by molar-refractivity contribution is 5.79. The molecule has 2 aromatic carbocycles. The zero-order valence-electron chi connectivity index (χ0n) is 14.5. The SMILES string of the molecule is CN(Cc1ccc(F)cc1)CC(O)COc1ccc2[nH]c(=O)ccc2c1. The summed E-state index contributed by atoms with van der Waals surface area (Å²) in [7, 11) is 1.89. The average Bonchev–Trinajstić information content (AvgIpc) is 2.62. The van der Waals surface area contributed by atoms with Gasteiger partial charge in [-0.1, -0.05) is 12.1 Å². The summed E-state index contributed by atoms with van der Waals surface area (Å²) in [5.41, 5.74) is 1.57. The van der Waals surface area contributed by atoms with Gasteiger partial charge in [-0.15, -0.1) is 0 Å². The van der Waals surface area contributed by atoms with E-state index in [9.17, 15) is 14.3 Å². The van der Waals surface area contributed by atoms with E-state index in [1.807, 2.05) is 18.0 Å². The predicted molar refractivity (Wildman–Crippen MR) is 98.8 cm³/mol. The van der Waals surface area contributed by atoms with E-state index in [-0.39, 0.29) is 18.0 Å². The second-order valence-corrected chi connectivity index (χ2v) is 6.36. The lowest BCUT2D eigenvalue weighted by Crippen LogP contribution is -2.32. The first-order valence-electron chi connectivity index (χ1n) is 8.36. The van der Waals surface area contributed by atoms with E-state index in [1.54, 1.807) is 30.3 Å². The number of halogens is 1. The summed E-state index contributed by atoms with van der Waals surface area (Å²) in [4.78, 5) is 16.0. The molecule has 0 bridgehead atoms. The van der Waals surface area contributed by atoms with Gasteiger partial charge in [0.1, 0.15) is 24.3 Å². The molecule has 0 radical (unpaired) electrons. The fraction of sp³-hybridized carbons (Fsp3) is 0.250. The highest BCUT2D eigenvalue weighted by atomic mass is 19.1. The lowest BCUT2D eigenvalue weighted by atomic mass is 10.2. The predicted octanol–water partition coefficient (Wildman–Crippen LogP) is 2.54. The van der Waals surface area contributed by atoms with Crippen molar-refractivity contribution in [2.75, 3.05) is 20.2 Å². The lowest BCUT2D eigenvalue weighted by molar-refractivity contribution is 0.0744. The first-order valence-corrected chi connectivity index (χ1v) is 8.36. The number of fused-ring (bicyclic) bond motifs is 1. The summed E-state index contributed by atoms with van der Waals surface area (Å²) >= 11 is 0. The van der Waals surface area contributed by atoms with E-state index in [0.717, 1.165) is 16.5 Å². The van der Waals surface area contributed by atoms with Gasteiger partial charge in [-0.05, 0) is 49.0 Å². The standard InChI is InChI=1S/C20H21FN2O3/c1-23(11-14-2-5-16(21)6-3-14)12-17(24)13-26-18-7-8-19-15(10-18)4-9-20(25)22-19/h2-10,17,24H,11-13H2,1H3,(H,22,25). The van der Waals surface area contributed by atoms with Gasteiger partial charge in [-0.25, -0.2) is 4.39 Å². The summed E-state index contributed by atoms with van der Waals surface area (Å²) in [6.07, 6.45) is -0.660. The molecule has 0 amide bonds. The van der Waals surface area contributed by atoms with Crippen molar-refractivity contribution in [2.24, 2.45) is 0 Å². The first-order chi connectivity index (χ1) is 12.5. The second kappa shape index (κ2) is 8.12. The molecule has 0 fully saturated rings. The molecular formula is C20H21FN2O3. The number of ether oxygens (including phenoxy) is 1. The third kappa shape index (κ3) is 4.91. The maximum Gasteiger partial charge on any atom is 0.248 e. The van der Waals surface area contributed by atoms with Gasteiger partial charge < -0.3 is 14.8 Å². The van der Waals surface area contributed by atoms with Gasteiger partial charge in [0.25, 0.3) is 0 Å². The van der Waals surface area contributed by atoms with Crippen molar-refractivity contribution in [3.63, 3.8) is 0 Å². The van der Waals surface area contributed by atoms with Crippen molar-refractivity contribution < 1.29 is 14.2 Å². The molecule has 5 nitrogen and oxygen atoms in total. The number of rotatable bonds is 7. The third-order valence-electron chi connectivity index (χ3n) is 4.03. The van der Waals surface area contributed by atoms with Crippen LogP contribution in [0.5, 0.6) is 5.75 Å². The number of nitrogens with one attached hydrogen (secondary N) is 1. The number of aliphatic hydroxyl groups is 1. The van der Waals surface area contributed by atoms with E-state index >= 15 is 0 Å². The smallest absolute Gasteiger partial charge is 0.248 e. The molecule has 26 heavy (non-hydrogen) atoms. The van der Waals surface area contributed by atoms with Crippen LogP contribution in [-0.2, 0) is 6.54 Å². The quantitative estimate of drug-likeness (QED) is 0.683. The van der Waals surface area contributed by atoms with Crippen molar-refractivity contribution in [3.05, 3.63) is 76.3 Å². The number of hydrogen-bond acceptors (Lipinski definition) is 4. The molecule has 1 aromatic heterocycles. The minimum atomic E-state index is -0.660. The highest BCUT2D eigenvalue weighted by Crippen LogP contribution is 2.18. The Morgan fingerprint density at radius 2 is 1.92 bits per heavy atom. The topological polar surface area (TPSA) is 65.6 Å². The molecule has 1 heterocycles. The Morgan fingerprint density at radius 1 is 1.15 bits per heavy atom. The Kier molecular flexibility index (Phi) is 5.65. The van der Waals surface area contributed by atoms with E-state index in [4.69, 9.17) is 4.74 Å². The van der Waals surface area contributed by atoms with Gasteiger partial charge in [0, 0.05) is 30.1 Å². The van der Waals surface area contributed by atoms with E-state index in [2.05, 4.69) is 4.98 Å². The highest BCUT2D eigenvalue weighted by Gasteiger charge is 2.10. The molecule has 1 unspecified atom stereocenters. The van der Waals surface area contributed by atoms with Crippen LogP contribution in [0.2, 0.25) is 0 Å². The van der Waals surface area contributed by atoms with Crippen LogP contribution in [-0.4, -0.2) is 41.3 Å². The van der Waals surface area contributed by atoms with Crippen LogP contribution < -0.4 is 10.3 Å². The van der Waals surface area contributed by atoms with Crippen molar-refractivity contribution in [3.8, 4) is 5.75 Å². The zero-order chi connectivity index (χ0) is 18.5. The number of aromatic amines is 1. The van der Waals surface area contributed by atoms with Crippen molar-refractivity contribution >= 4 is 10.9 Å². The molecule has 0 saturated heterocycles. The molecule has 0 aliphatic carbocycles. The van der Waals surface area contributed by atoms with Crippen LogP contribution >= 0.6 is 0 Å².